The maximum Gasteiger partial charge on any atom is 0.306 e. The Bertz CT molecular complexity index is 729. The fourth-order valence-corrected chi connectivity index (χ4v) is 3.46. The quantitative estimate of drug-likeness (QED) is 0.333. The molecule has 0 fully saturated rings. The van der Waals surface area contributed by atoms with Crippen LogP contribution in [0.5, 0.6) is 5.75 Å². The molecular formula is C17H16BrClO4S. The molecular weight excluding hydrogens is 416 g/mol. The summed E-state index contributed by atoms with van der Waals surface area (Å²) in [6, 6.07) is 8.86. The molecule has 24 heavy (non-hydrogen) atoms. The molecule has 2 rings (SSSR count). The van der Waals surface area contributed by atoms with Crippen molar-refractivity contribution in [3.63, 3.8) is 0 Å². The van der Waals surface area contributed by atoms with E-state index in [0.29, 0.717) is 22.9 Å². The molecule has 0 aliphatic rings. The van der Waals surface area contributed by atoms with Crippen molar-refractivity contribution in [2.24, 2.45) is 0 Å². The average molecular weight is 432 g/mol. The van der Waals surface area contributed by atoms with Crippen LogP contribution in [0.1, 0.15) is 28.1 Å². The second kappa shape index (κ2) is 9.20. The number of Topliss-reactive ketones (excluding diaryl/α,β-unsaturated/α-hetero) is 1. The predicted octanol–water partition coefficient (Wildman–Crippen LogP) is 5.06. The molecule has 0 saturated carbocycles. The standard InChI is InChI=1S/C17H16BrClO4S/c1-11-9-12(19)4-5-14(11)22-8-2-3-17(21)23-10-13(20)15-6-7-16(18)24-15/h4-7,9H,2-3,8,10H2,1H3. The molecule has 0 bridgehead atoms. The molecule has 0 N–H and O–H groups in total. The van der Waals surface area contributed by atoms with Crippen LogP contribution in [-0.4, -0.2) is 25.0 Å². The molecule has 0 aliphatic carbocycles. The van der Waals surface area contributed by atoms with E-state index in [1.54, 1.807) is 24.3 Å². The van der Waals surface area contributed by atoms with Crippen LogP contribution in [0.2, 0.25) is 5.02 Å². The van der Waals surface area contributed by atoms with E-state index in [1.807, 2.05) is 13.0 Å². The van der Waals surface area contributed by atoms with Crippen LogP contribution in [0.3, 0.4) is 0 Å². The lowest BCUT2D eigenvalue weighted by Gasteiger charge is -2.09. The van der Waals surface area contributed by atoms with Crippen molar-refractivity contribution in [3.05, 3.63) is 49.6 Å². The van der Waals surface area contributed by atoms with Gasteiger partial charge in [-0.05, 0) is 65.2 Å². The second-order valence-electron chi connectivity index (χ2n) is 5.05. The Hall–Kier alpha value is -1.37. The Morgan fingerprint density at radius 3 is 2.71 bits per heavy atom. The SMILES string of the molecule is Cc1cc(Cl)ccc1OCCCC(=O)OCC(=O)c1ccc(Br)s1. The van der Waals surface area contributed by atoms with Crippen molar-refractivity contribution in [2.45, 2.75) is 19.8 Å². The minimum absolute atomic E-state index is 0.202. The van der Waals surface area contributed by atoms with Crippen molar-refractivity contribution < 1.29 is 19.1 Å². The first kappa shape index (κ1) is 19.0. The highest BCUT2D eigenvalue weighted by Crippen LogP contribution is 2.23. The van der Waals surface area contributed by atoms with Crippen molar-refractivity contribution >= 4 is 50.6 Å². The lowest BCUT2D eigenvalue weighted by atomic mass is 10.2. The molecule has 4 nitrogen and oxygen atoms in total. The van der Waals surface area contributed by atoms with E-state index in [2.05, 4.69) is 15.9 Å². The van der Waals surface area contributed by atoms with Gasteiger partial charge in [0, 0.05) is 11.4 Å². The fraction of sp³-hybridized carbons (Fsp3) is 0.294. The van der Waals surface area contributed by atoms with Crippen molar-refractivity contribution in [1.29, 1.82) is 0 Å². The predicted molar refractivity (Wildman–Crippen MR) is 98.2 cm³/mol. The van der Waals surface area contributed by atoms with Gasteiger partial charge in [-0.2, -0.15) is 0 Å². The van der Waals surface area contributed by atoms with Crippen LogP contribution < -0.4 is 4.74 Å². The minimum atomic E-state index is -0.407. The number of rotatable bonds is 8. The molecule has 128 valence electrons. The molecule has 7 heteroatoms. The number of ketones is 1. The molecule has 0 amide bonds. The van der Waals surface area contributed by atoms with Gasteiger partial charge in [0.25, 0.3) is 0 Å². The van der Waals surface area contributed by atoms with E-state index in [4.69, 9.17) is 21.1 Å². The molecule has 1 aromatic heterocycles. The minimum Gasteiger partial charge on any atom is -0.493 e. The summed E-state index contributed by atoms with van der Waals surface area (Å²) in [4.78, 5) is 24.0. The normalized spacial score (nSPS) is 10.5. The number of hydrogen-bond donors (Lipinski definition) is 0. The van der Waals surface area contributed by atoms with E-state index in [-0.39, 0.29) is 18.8 Å². The highest BCUT2D eigenvalue weighted by Gasteiger charge is 2.12. The first-order valence-corrected chi connectivity index (χ1v) is 9.27. The van der Waals surface area contributed by atoms with Gasteiger partial charge >= 0.3 is 5.97 Å². The number of halogens is 2. The third kappa shape index (κ3) is 5.92. The summed E-state index contributed by atoms with van der Waals surface area (Å²) in [6.45, 7) is 2.07. The number of aryl methyl sites for hydroxylation is 1. The number of carbonyl (C=O) groups is 2. The summed E-state index contributed by atoms with van der Waals surface area (Å²) < 4.78 is 11.5. The van der Waals surface area contributed by atoms with Crippen LogP contribution in [0.25, 0.3) is 0 Å². The molecule has 0 atom stereocenters. The fourth-order valence-electron chi connectivity index (χ4n) is 1.93. The molecule has 0 unspecified atom stereocenters. The van der Waals surface area contributed by atoms with Crippen LogP contribution in [0.15, 0.2) is 34.1 Å². The number of benzene rings is 1. The van der Waals surface area contributed by atoms with Crippen molar-refractivity contribution in [3.8, 4) is 5.75 Å². The summed E-state index contributed by atoms with van der Waals surface area (Å²) >= 11 is 10.5. The van der Waals surface area contributed by atoms with Gasteiger partial charge in [-0.15, -0.1) is 11.3 Å². The maximum atomic E-state index is 11.8. The Kier molecular flexibility index (Phi) is 7.27. The number of thiophene rings is 1. The molecule has 0 spiro atoms. The first-order valence-electron chi connectivity index (χ1n) is 7.29. The van der Waals surface area contributed by atoms with Crippen molar-refractivity contribution in [1.82, 2.24) is 0 Å². The van der Waals surface area contributed by atoms with Gasteiger partial charge in [0.2, 0.25) is 5.78 Å². The molecule has 1 aromatic carbocycles. The summed E-state index contributed by atoms with van der Waals surface area (Å²) in [5.74, 6) is 0.133. The largest absolute Gasteiger partial charge is 0.493 e. The summed E-state index contributed by atoms with van der Waals surface area (Å²) in [5.41, 5.74) is 0.942. The number of ether oxygens (including phenoxy) is 2. The number of carbonyl (C=O) groups excluding carboxylic acids is 2. The van der Waals surface area contributed by atoms with Crippen LogP contribution in [0, 0.1) is 6.92 Å². The van der Waals surface area contributed by atoms with Gasteiger partial charge in [0.15, 0.2) is 6.61 Å². The summed E-state index contributed by atoms with van der Waals surface area (Å²) in [6.07, 6.45) is 0.716. The van der Waals surface area contributed by atoms with Gasteiger partial charge < -0.3 is 9.47 Å². The van der Waals surface area contributed by atoms with E-state index >= 15 is 0 Å². The molecule has 0 saturated heterocycles. The van der Waals surface area contributed by atoms with E-state index in [0.717, 1.165) is 15.1 Å². The molecule has 1 heterocycles. The van der Waals surface area contributed by atoms with E-state index in [1.165, 1.54) is 11.3 Å². The lowest BCUT2D eigenvalue weighted by molar-refractivity contribution is -0.142. The zero-order valence-corrected chi connectivity index (χ0v) is 16.2. The Labute approximate surface area is 157 Å². The van der Waals surface area contributed by atoms with Gasteiger partial charge in [-0.25, -0.2) is 0 Å². The monoisotopic (exact) mass is 430 g/mol. The zero-order chi connectivity index (χ0) is 17.5. The third-order valence-corrected chi connectivity index (χ3v) is 5.03. The van der Waals surface area contributed by atoms with Gasteiger partial charge in [-0.1, -0.05) is 11.6 Å². The van der Waals surface area contributed by atoms with E-state index in [9.17, 15) is 9.59 Å². The molecule has 0 aliphatic heterocycles. The summed E-state index contributed by atoms with van der Waals surface area (Å²) in [5, 5.41) is 0.658. The Morgan fingerprint density at radius 1 is 1.25 bits per heavy atom. The van der Waals surface area contributed by atoms with E-state index < -0.39 is 5.97 Å². The highest BCUT2D eigenvalue weighted by molar-refractivity contribution is 9.11. The molecule has 0 radical (unpaired) electrons. The number of esters is 1. The lowest BCUT2D eigenvalue weighted by Crippen LogP contribution is -2.14. The Balaban J connectivity index is 1.65. The van der Waals surface area contributed by atoms with Gasteiger partial charge in [-0.3, -0.25) is 9.59 Å². The van der Waals surface area contributed by atoms with Crippen LogP contribution in [-0.2, 0) is 9.53 Å². The zero-order valence-electron chi connectivity index (χ0n) is 13.0. The first-order chi connectivity index (χ1) is 11.5. The van der Waals surface area contributed by atoms with Crippen LogP contribution in [0.4, 0.5) is 0 Å². The highest BCUT2D eigenvalue weighted by atomic mass is 79.9. The second-order valence-corrected chi connectivity index (χ2v) is 7.95. The number of hydrogen-bond acceptors (Lipinski definition) is 5. The Morgan fingerprint density at radius 2 is 2.04 bits per heavy atom. The summed E-state index contributed by atoms with van der Waals surface area (Å²) in [7, 11) is 0. The smallest absolute Gasteiger partial charge is 0.306 e. The molecule has 2 aromatic rings. The van der Waals surface area contributed by atoms with Gasteiger partial charge in [0.1, 0.15) is 5.75 Å². The topological polar surface area (TPSA) is 52.6 Å². The van der Waals surface area contributed by atoms with Gasteiger partial charge in [0.05, 0.1) is 15.3 Å². The van der Waals surface area contributed by atoms with Crippen molar-refractivity contribution in [2.75, 3.05) is 13.2 Å². The van der Waals surface area contributed by atoms with Crippen LogP contribution >= 0.6 is 38.9 Å². The third-order valence-electron chi connectivity index (χ3n) is 3.13. The average Bonchev–Trinajstić information content (AvgIpc) is 2.97. The maximum absolute atomic E-state index is 11.8.